The van der Waals surface area contributed by atoms with E-state index in [0.717, 1.165) is 0 Å². The number of carbonyl (C=O) groups is 1. The predicted molar refractivity (Wildman–Crippen MR) is 55.0 cm³/mol. The van der Waals surface area contributed by atoms with Gasteiger partial charge >= 0.3 is 6.09 Å². The molecule has 14 heavy (non-hydrogen) atoms. The Morgan fingerprint density at radius 3 is 2.14 bits per heavy atom. The van der Waals surface area contributed by atoms with Crippen LogP contribution in [0.4, 0.5) is 16.2 Å². The zero-order valence-corrected chi connectivity index (χ0v) is 8.15. The number of anilines is 2. The van der Waals surface area contributed by atoms with Gasteiger partial charge in [0.2, 0.25) is 0 Å². The molecule has 0 spiro atoms. The summed E-state index contributed by atoms with van der Waals surface area (Å²) in [4.78, 5) is 12.5. The first-order chi connectivity index (χ1) is 6.49. The third-order valence-electron chi connectivity index (χ3n) is 1.52. The molecule has 4 N–H and O–H groups in total. The molecule has 76 valence electrons. The summed E-state index contributed by atoms with van der Waals surface area (Å²) in [6.07, 6.45) is -0.463. The molecule has 0 unspecified atom stereocenters. The molecule has 0 fully saturated rings. The second kappa shape index (κ2) is 3.87. The molecule has 0 atom stereocenters. The van der Waals surface area contributed by atoms with Gasteiger partial charge in [0.1, 0.15) is 5.75 Å². The Labute approximate surface area is 82.2 Å². The summed E-state index contributed by atoms with van der Waals surface area (Å²) in [6, 6.07) is 4.67. The van der Waals surface area contributed by atoms with Crippen LogP contribution >= 0.6 is 0 Å². The zero-order valence-electron chi connectivity index (χ0n) is 8.15. The van der Waals surface area contributed by atoms with Crippen LogP contribution in [-0.2, 0) is 0 Å². The number of rotatable bonds is 1. The summed E-state index contributed by atoms with van der Waals surface area (Å²) < 4.78 is 4.96. The second-order valence-electron chi connectivity index (χ2n) is 3.10. The lowest BCUT2D eigenvalue weighted by Crippen LogP contribution is -2.25. The van der Waals surface area contributed by atoms with Gasteiger partial charge in [-0.15, -0.1) is 0 Å². The van der Waals surface area contributed by atoms with Gasteiger partial charge in [0.05, 0.1) is 0 Å². The van der Waals surface area contributed by atoms with E-state index in [0.29, 0.717) is 17.1 Å². The number of ether oxygens (including phenoxy) is 1. The topological polar surface area (TPSA) is 81.6 Å². The Kier molecular flexibility index (Phi) is 2.81. The van der Waals surface area contributed by atoms with Gasteiger partial charge in [0.15, 0.2) is 0 Å². The molecule has 0 bridgehead atoms. The van der Waals surface area contributed by atoms with E-state index in [1.54, 1.807) is 20.2 Å². The van der Waals surface area contributed by atoms with Crippen molar-refractivity contribution in [3.05, 3.63) is 18.2 Å². The van der Waals surface area contributed by atoms with E-state index >= 15 is 0 Å². The van der Waals surface area contributed by atoms with Crippen LogP contribution < -0.4 is 16.2 Å². The van der Waals surface area contributed by atoms with Gasteiger partial charge in [0.25, 0.3) is 0 Å². The zero-order chi connectivity index (χ0) is 10.7. The minimum absolute atomic E-state index is 0.348. The number of hydrogen-bond donors (Lipinski definition) is 2. The summed E-state index contributed by atoms with van der Waals surface area (Å²) in [5.74, 6) is 0.348. The number of benzene rings is 1. The molecule has 5 nitrogen and oxygen atoms in total. The van der Waals surface area contributed by atoms with Crippen LogP contribution in [0.15, 0.2) is 18.2 Å². The van der Waals surface area contributed by atoms with Gasteiger partial charge in [-0.1, -0.05) is 0 Å². The minimum Gasteiger partial charge on any atom is -0.410 e. The third-order valence-corrected chi connectivity index (χ3v) is 1.52. The van der Waals surface area contributed by atoms with E-state index in [1.807, 2.05) is 0 Å². The fraction of sp³-hybridized carbons (Fsp3) is 0.222. The molecule has 0 heterocycles. The summed E-state index contributed by atoms with van der Waals surface area (Å²) in [7, 11) is 3.19. The number of hydrogen-bond acceptors (Lipinski definition) is 4. The van der Waals surface area contributed by atoms with E-state index in [4.69, 9.17) is 16.2 Å². The first-order valence-corrected chi connectivity index (χ1v) is 4.04. The minimum atomic E-state index is -0.463. The van der Waals surface area contributed by atoms with Crippen molar-refractivity contribution in [3.8, 4) is 5.75 Å². The molecule has 0 saturated heterocycles. The number of carbonyl (C=O) groups excluding carboxylic acids is 1. The summed E-state index contributed by atoms with van der Waals surface area (Å²) >= 11 is 0. The third kappa shape index (κ3) is 2.55. The fourth-order valence-electron chi connectivity index (χ4n) is 0.897. The van der Waals surface area contributed by atoms with E-state index < -0.39 is 6.09 Å². The fourth-order valence-corrected chi connectivity index (χ4v) is 0.897. The largest absolute Gasteiger partial charge is 0.414 e. The molecule has 0 radical (unpaired) electrons. The second-order valence-corrected chi connectivity index (χ2v) is 3.10. The average molecular weight is 195 g/mol. The maximum absolute atomic E-state index is 11.2. The summed E-state index contributed by atoms with van der Waals surface area (Å²) in [5.41, 5.74) is 12.0. The van der Waals surface area contributed by atoms with Crippen LogP contribution in [-0.4, -0.2) is 25.1 Å². The molecule has 0 aliphatic heterocycles. The lowest BCUT2D eigenvalue weighted by atomic mass is 10.3. The summed E-state index contributed by atoms with van der Waals surface area (Å²) in [5, 5.41) is 0. The molecule has 0 aliphatic carbocycles. The Balaban J connectivity index is 2.82. The van der Waals surface area contributed by atoms with E-state index in [-0.39, 0.29) is 0 Å². The Bertz CT molecular complexity index is 330. The van der Waals surface area contributed by atoms with Crippen LogP contribution in [0.3, 0.4) is 0 Å². The molecule has 1 rings (SSSR count). The average Bonchev–Trinajstić information content (AvgIpc) is 2.01. The highest BCUT2D eigenvalue weighted by Gasteiger charge is 2.07. The number of nitrogen functional groups attached to an aromatic ring is 2. The van der Waals surface area contributed by atoms with Gasteiger partial charge in [-0.2, -0.15) is 0 Å². The van der Waals surface area contributed by atoms with Crippen molar-refractivity contribution in [1.82, 2.24) is 4.90 Å². The van der Waals surface area contributed by atoms with Crippen LogP contribution in [0.2, 0.25) is 0 Å². The lowest BCUT2D eigenvalue weighted by Gasteiger charge is -2.11. The van der Waals surface area contributed by atoms with Gasteiger partial charge in [-0.05, 0) is 6.07 Å². The first-order valence-electron chi connectivity index (χ1n) is 4.04. The Morgan fingerprint density at radius 2 is 1.71 bits per heavy atom. The van der Waals surface area contributed by atoms with Crippen molar-refractivity contribution < 1.29 is 9.53 Å². The van der Waals surface area contributed by atoms with Crippen molar-refractivity contribution in [2.24, 2.45) is 0 Å². The van der Waals surface area contributed by atoms with Crippen LogP contribution in [0.25, 0.3) is 0 Å². The van der Waals surface area contributed by atoms with Gasteiger partial charge in [0, 0.05) is 37.6 Å². The van der Waals surface area contributed by atoms with Crippen molar-refractivity contribution in [1.29, 1.82) is 0 Å². The van der Waals surface area contributed by atoms with E-state index in [9.17, 15) is 4.79 Å². The monoisotopic (exact) mass is 195 g/mol. The Hall–Kier alpha value is -1.91. The smallest absolute Gasteiger partial charge is 0.410 e. The highest BCUT2D eigenvalue weighted by atomic mass is 16.6. The highest BCUT2D eigenvalue weighted by molar-refractivity contribution is 5.71. The van der Waals surface area contributed by atoms with Gasteiger partial charge in [-0.3, -0.25) is 0 Å². The molecule has 0 saturated carbocycles. The van der Waals surface area contributed by atoms with Gasteiger partial charge < -0.3 is 21.1 Å². The van der Waals surface area contributed by atoms with Crippen molar-refractivity contribution in [2.45, 2.75) is 0 Å². The van der Waals surface area contributed by atoms with Crippen molar-refractivity contribution in [2.75, 3.05) is 25.6 Å². The predicted octanol–water partition coefficient (Wildman–Crippen LogP) is 0.911. The van der Waals surface area contributed by atoms with Crippen LogP contribution in [0.5, 0.6) is 5.75 Å². The highest BCUT2D eigenvalue weighted by Crippen LogP contribution is 2.20. The van der Waals surface area contributed by atoms with E-state index in [1.165, 1.54) is 17.0 Å². The molecule has 0 aliphatic rings. The molecular formula is C9H13N3O2. The van der Waals surface area contributed by atoms with Crippen molar-refractivity contribution in [3.63, 3.8) is 0 Å². The molecule has 1 aromatic carbocycles. The standard InChI is InChI=1S/C9H13N3O2/c1-12(2)9(13)14-8-4-6(10)3-7(11)5-8/h3-5H,10-11H2,1-2H3. The number of nitrogens with zero attached hydrogens (tertiary/aromatic N) is 1. The summed E-state index contributed by atoms with van der Waals surface area (Å²) in [6.45, 7) is 0. The van der Waals surface area contributed by atoms with Gasteiger partial charge in [-0.25, -0.2) is 4.79 Å². The van der Waals surface area contributed by atoms with Crippen LogP contribution in [0, 0.1) is 0 Å². The molecular weight excluding hydrogens is 182 g/mol. The maximum Gasteiger partial charge on any atom is 0.414 e. The van der Waals surface area contributed by atoms with Crippen molar-refractivity contribution >= 4 is 17.5 Å². The maximum atomic E-state index is 11.2. The molecule has 1 amide bonds. The molecule has 5 heteroatoms. The lowest BCUT2D eigenvalue weighted by molar-refractivity contribution is 0.172. The molecule has 1 aromatic rings. The quantitative estimate of drug-likeness (QED) is 0.652. The number of nitrogens with two attached hydrogens (primary N) is 2. The number of amides is 1. The first kappa shape index (κ1) is 10.2. The Morgan fingerprint density at radius 1 is 1.21 bits per heavy atom. The normalized spacial score (nSPS) is 9.57. The SMILES string of the molecule is CN(C)C(=O)Oc1cc(N)cc(N)c1. The van der Waals surface area contributed by atoms with Crippen LogP contribution in [0.1, 0.15) is 0 Å². The molecule has 0 aromatic heterocycles. The van der Waals surface area contributed by atoms with E-state index in [2.05, 4.69) is 0 Å².